The van der Waals surface area contributed by atoms with Crippen LogP contribution in [0.5, 0.6) is 0 Å². The molecule has 5 heterocycles. The molecule has 0 saturated carbocycles. The Labute approximate surface area is 379 Å². The normalized spacial score (nSPS) is 49.0. The first-order valence-electron chi connectivity index (χ1n) is 19.1. The molecule has 362 valence electrons. The van der Waals surface area contributed by atoms with Crippen LogP contribution in [0.15, 0.2) is 4.99 Å². The largest absolute Gasteiger partial charge is 1.00 e. The summed E-state index contributed by atoms with van der Waals surface area (Å²) >= 11 is 0. The summed E-state index contributed by atoms with van der Waals surface area (Å²) in [6.45, 7) is -1.96. The Balaban J connectivity index is 0.00000871. The summed E-state index contributed by atoms with van der Waals surface area (Å²) in [6.07, 6.45) is -47.0. The number of ether oxygens (including phenoxy) is 9. The van der Waals surface area contributed by atoms with E-state index in [4.69, 9.17) is 42.6 Å². The maximum Gasteiger partial charge on any atom is 1.00 e. The molecule has 0 bridgehead atoms. The molecule has 0 radical (unpaired) electrons. The molecule has 0 aromatic rings. The molecule has 5 aliphatic heterocycles. The van der Waals surface area contributed by atoms with Gasteiger partial charge < -0.3 is 119 Å². The Morgan fingerprint density at radius 1 is 0.524 bits per heavy atom. The van der Waals surface area contributed by atoms with Crippen LogP contribution in [-0.2, 0) is 57.2 Å². The fourth-order valence-corrected chi connectivity index (χ4v) is 8.05. The second kappa shape index (κ2) is 23.1. The minimum Gasteiger partial charge on any atom is -0.862 e. The van der Waals surface area contributed by atoms with Gasteiger partial charge in [0, 0.05) is 0 Å². The van der Waals surface area contributed by atoms with Gasteiger partial charge in [0.15, 0.2) is 31.5 Å². The SMILES string of the molecule is CC([O-])=N[C@H]1[C@H](O[C@H]2[C@@H](O)[C@@H](CO)O[C@@H](O[C@H]3[C@H](O)[C@@H](O)C(O)O[C@@H]3CO)[C@@H]2O)O[C@H](CO)[C@@H](O[C@@H]2O[C@@H](C)[C@@H](O)[C@@H](O)[C@@H]2O)[C@@H]1O[C@@H]1O[C@H](CO)[C@H](O)[C@H](OS(=O)(=O)O)[C@H]1O.[Na+]. The molecular formula is C32H54NNaO28S. The van der Waals surface area contributed by atoms with Crippen molar-refractivity contribution in [2.45, 2.75) is 167 Å². The number of aliphatic hydroxyl groups excluding tert-OH is 14. The second-order valence-electron chi connectivity index (χ2n) is 15.1. The predicted molar refractivity (Wildman–Crippen MR) is 186 cm³/mol. The standard InChI is InChI=1S/C32H55NO28S.Na/c1-7-14(39)17(42)20(45)30(52-7)58-24-12(6-37)56-29(13(33-8(2)38)25(24)59-32-22(47)27(61-62(49,50)51)16(41)10(4-35)55-32)60-26-15(40)9(3-34)54-31(21(26)46)57-23-11(5-36)53-28(48)19(44)18(23)43;/h7,9-32,34-37,39-48H,3-6H2,1-2H3,(H,33,38)(H,49,50,51);/q;+1/p-1/t7-,9+,10+,11+,12+,13+,14+,15-,16-,17+,18+,19+,20-,21+,22+,23+,24+,25+,26-,27-,28?,29-,30-,31-,32-;/m0./s1. The molecule has 0 aromatic carbocycles. The van der Waals surface area contributed by atoms with Crippen molar-refractivity contribution in [3.05, 3.63) is 0 Å². The van der Waals surface area contributed by atoms with Crippen molar-refractivity contribution < 1.29 is 166 Å². The van der Waals surface area contributed by atoms with E-state index in [-0.39, 0.29) is 29.6 Å². The molecule has 29 nitrogen and oxygen atoms in total. The summed E-state index contributed by atoms with van der Waals surface area (Å²) in [5.74, 6) is -1.05. The minimum absolute atomic E-state index is 0. The summed E-state index contributed by atoms with van der Waals surface area (Å²) in [5, 5.41) is 160. The van der Waals surface area contributed by atoms with Crippen molar-refractivity contribution in [3.8, 4) is 0 Å². The van der Waals surface area contributed by atoms with Crippen LogP contribution < -0.4 is 34.7 Å². The summed E-state index contributed by atoms with van der Waals surface area (Å²) in [4.78, 5) is 3.93. The first-order valence-corrected chi connectivity index (χ1v) is 20.4. The third-order valence-electron chi connectivity index (χ3n) is 10.8. The zero-order valence-electron chi connectivity index (χ0n) is 33.6. The Kier molecular flexibility index (Phi) is 20.2. The summed E-state index contributed by atoms with van der Waals surface area (Å²) < 4.78 is 88.2. The van der Waals surface area contributed by atoms with E-state index >= 15 is 0 Å². The van der Waals surface area contributed by atoms with Gasteiger partial charge >= 0.3 is 40.0 Å². The molecule has 0 aromatic heterocycles. The van der Waals surface area contributed by atoms with Crippen LogP contribution in [0.3, 0.4) is 0 Å². The van der Waals surface area contributed by atoms with Crippen molar-refractivity contribution >= 4 is 16.3 Å². The number of rotatable bonds is 15. The van der Waals surface area contributed by atoms with E-state index in [9.17, 15) is 89.6 Å². The van der Waals surface area contributed by atoms with Crippen molar-refractivity contribution in [1.29, 1.82) is 0 Å². The zero-order chi connectivity index (χ0) is 46.1. The number of hydrogen-bond acceptors (Lipinski definition) is 28. The third-order valence-corrected chi connectivity index (χ3v) is 11.3. The maximum absolute atomic E-state index is 12.8. The van der Waals surface area contributed by atoms with Crippen molar-refractivity contribution in [1.82, 2.24) is 0 Å². The molecule has 5 aliphatic rings. The maximum atomic E-state index is 12.8. The monoisotopic (exact) mass is 955 g/mol. The van der Waals surface area contributed by atoms with Gasteiger partial charge in [0.2, 0.25) is 0 Å². The molecule has 5 saturated heterocycles. The average molecular weight is 956 g/mol. The first-order chi connectivity index (χ1) is 29.1. The van der Waals surface area contributed by atoms with Gasteiger partial charge in [-0.3, -0.25) is 9.55 Å². The molecule has 1 unspecified atom stereocenters. The molecule has 0 spiro atoms. The fraction of sp³-hybridized carbons (Fsp3) is 0.969. The van der Waals surface area contributed by atoms with Crippen molar-refractivity contribution in [2.75, 3.05) is 26.4 Å². The molecule has 63 heavy (non-hydrogen) atoms. The van der Waals surface area contributed by atoms with Crippen LogP contribution in [0.2, 0.25) is 0 Å². The third kappa shape index (κ3) is 12.4. The zero-order valence-corrected chi connectivity index (χ0v) is 36.4. The van der Waals surface area contributed by atoms with E-state index in [1.807, 2.05) is 0 Å². The Morgan fingerprint density at radius 2 is 0.968 bits per heavy atom. The van der Waals surface area contributed by atoms with Gasteiger partial charge in [0.25, 0.3) is 0 Å². The van der Waals surface area contributed by atoms with E-state index in [0.717, 1.165) is 6.92 Å². The van der Waals surface area contributed by atoms with Crippen molar-refractivity contribution in [2.24, 2.45) is 4.99 Å². The van der Waals surface area contributed by atoms with Gasteiger partial charge in [-0.2, -0.15) is 8.42 Å². The summed E-state index contributed by atoms with van der Waals surface area (Å²) in [6, 6.07) is -2.01. The topological polar surface area (TPSA) is 465 Å². The predicted octanol–water partition coefficient (Wildman–Crippen LogP) is -14.3. The smallest absolute Gasteiger partial charge is 0.862 e. The summed E-state index contributed by atoms with van der Waals surface area (Å²) in [5.41, 5.74) is 0. The fourth-order valence-electron chi connectivity index (χ4n) is 7.54. The van der Waals surface area contributed by atoms with E-state index in [0.29, 0.717) is 0 Å². The van der Waals surface area contributed by atoms with Crippen LogP contribution >= 0.6 is 0 Å². The molecule has 0 aliphatic carbocycles. The Morgan fingerprint density at radius 3 is 1.49 bits per heavy atom. The van der Waals surface area contributed by atoms with Crippen LogP contribution in [-0.4, -0.2) is 270 Å². The van der Waals surface area contributed by atoms with Gasteiger partial charge in [-0.1, -0.05) is 0 Å². The number of nitrogens with zero attached hydrogens (tertiary/aromatic N) is 1. The van der Waals surface area contributed by atoms with Crippen LogP contribution in [0, 0.1) is 0 Å². The van der Waals surface area contributed by atoms with E-state index in [1.54, 1.807) is 0 Å². The van der Waals surface area contributed by atoms with E-state index in [1.165, 1.54) is 6.92 Å². The minimum atomic E-state index is -5.44. The van der Waals surface area contributed by atoms with Gasteiger partial charge in [-0.15, -0.1) is 0 Å². The number of aliphatic imine (C=N–C) groups is 1. The van der Waals surface area contributed by atoms with Crippen LogP contribution in [0.25, 0.3) is 0 Å². The summed E-state index contributed by atoms with van der Waals surface area (Å²) in [7, 11) is -5.44. The van der Waals surface area contributed by atoms with E-state index < -0.39 is 196 Å². The Bertz CT molecular complexity index is 1570. The average Bonchev–Trinajstić information content (AvgIpc) is 3.21. The van der Waals surface area contributed by atoms with Gasteiger partial charge in [0.1, 0.15) is 116 Å². The quantitative estimate of drug-likeness (QED) is 0.0314. The van der Waals surface area contributed by atoms with Crippen LogP contribution in [0.1, 0.15) is 13.8 Å². The Hall–Kier alpha value is -0.580. The van der Waals surface area contributed by atoms with Crippen molar-refractivity contribution in [3.63, 3.8) is 0 Å². The first kappa shape index (κ1) is 55.0. The molecular weight excluding hydrogens is 901 g/mol. The molecule has 31 heteroatoms. The number of hydrogen-bond donors (Lipinski definition) is 15. The molecule has 5 fully saturated rings. The van der Waals surface area contributed by atoms with Gasteiger partial charge in [0.05, 0.1) is 32.5 Å². The van der Waals surface area contributed by atoms with Gasteiger partial charge in [-0.05, 0) is 19.7 Å². The second-order valence-corrected chi connectivity index (χ2v) is 16.1. The molecule has 5 rings (SSSR count). The van der Waals surface area contributed by atoms with E-state index in [2.05, 4.69) is 9.18 Å². The van der Waals surface area contributed by atoms with Crippen LogP contribution in [0.4, 0.5) is 0 Å². The molecule has 0 amide bonds. The number of aliphatic hydroxyl groups is 14. The molecule has 25 atom stereocenters. The molecule has 15 N–H and O–H groups in total. The van der Waals surface area contributed by atoms with Gasteiger partial charge in [-0.25, -0.2) is 4.18 Å².